The topological polar surface area (TPSA) is 45.0 Å². The monoisotopic (exact) mass is 270 g/mol. The molecule has 3 nitrogen and oxygen atoms in total. The van der Waals surface area contributed by atoms with Gasteiger partial charge in [-0.1, -0.05) is 24.3 Å². The first-order valence-corrected chi connectivity index (χ1v) is 6.28. The second-order valence-corrected chi connectivity index (χ2v) is 4.30. The predicted molar refractivity (Wildman–Crippen MR) is 76.4 cm³/mol. The quantitative estimate of drug-likeness (QED) is 0.902. The number of nitrogens with zero attached hydrogens (tertiary/aromatic N) is 1. The van der Waals surface area contributed by atoms with E-state index in [0.29, 0.717) is 12.3 Å². The minimum Gasteiger partial charge on any atom is -0.384 e. The molecule has 0 atom stereocenters. The summed E-state index contributed by atoms with van der Waals surface area (Å²) in [6.45, 7) is 0.604. The van der Waals surface area contributed by atoms with E-state index in [0.717, 1.165) is 17.7 Å². The van der Waals surface area contributed by atoms with Crippen LogP contribution in [0.1, 0.15) is 11.1 Å². The summed E-state index contributed by atoms with van der Waals surface area (Å²) < 4.78 is 18.6. The summed E-state index contributed by atoms with van der Waals surface area (Å²) in [6.07, 6.45) is 0.747. The average molecular weight is 270 g/mol. The Hall–Kier alpha value is -2.38. The molecule has 2 rings (SSSR count). The van der Waals surface area contributed by atoms with Gasteiger partial charge < -0.3 is 10.1 Å². The summed E-state index contributed by atoms with van der Waals surface area (Å²) in [5.41, 5.74) is 2.40. The minimum atomic E-state index is -0.521. The molecule has 0 aromatic heterocycles. The Morgan fingerprint density at radius 3 is 2.65 bits per heavy atom. The second kappa shape index (κ2) is 6.69. The van der Waals surface area contributed by atoms with Crippen LogP contribution in [0.25, 0.3) is 0 Å². The highest BCUT2D eigenvalue weighted by atomic mass is 19.1. The van der Waals surface area contributed by atoms with Crippen LogP contribution in [0, 0.1) is 17.1 Å². The van der Waals surface area contributed by atoms with Crippen LogP contribution in [-0.4, -0.2) is 13.7 Å². The lowest BCUT2D eigenvalue weighted by Crippen LogP contribution is -2.02. The normalized spacial score (nSPS) is 10.1. The number of benzene rings is 2. The van der Waals surface area contributed by atoms with Crippen LogP contribution in [-0.2, 0) is 11.2 Å². The summed E-state index contributed by atoms with van der Waals surface area (Å²) >= 11 is 0. The van der Waals surface area contributed by atoms with Crippen molar-refractivity contribution < 1.29 is 9.13 Å². The third kappa shape index (κ3) is 3.14. The third-order valence-corrected chi connectivity index (χ3v) is 2.99. The van der Waals surface area contributed by atoms with Gasteiger partial charge in [0.25, 0.3) is 0 Å². The Kier molecular flexibility index (Phi) is 4.70. The van der Waals surface area contributed by atoms with Crippen LogP contribution in [0.15, 0.2) is 42.5 Å². The molecule has 0 radical (unpaired) electrons. The Morgan fingerprint density at radius 2 is 1.90 bits per heavy atom. The standard InChI is InChI=1S/C16H15FN2O/c1-20-10-9-12-5-2-3-7-15(12)19-16-8-4-6-14(17)13(16)11-18/h2-8,19H,9-10H2,1H3. The van der Waals surface area contributed by atoms with Crippen molar-refractivity contribution in [1.82, 2.24) is 0 Å². The van der Waals surface area contributed by atoms with Gasteiger partial charge in [-0.15, -0.1) is 0 Å². The highest BCUT2D eigenvalue weighted by Crippen LogP contribution is 2.25. The second-order valence-electron chi connectivity index (χ2n) is 4.30. The van der Waals surface area contributed by atoms with Gasteiger partial charge in [-0.25, -0.2) is 4.39 Å². The number of anilines is 2. The van der Waals surface area contributed by atoms with Gasteiger partial charge in [-0.3, -0.25) is 0 Å². The smallest absolute Gasteiger partial charge is 0.143 e. The van der Waals surface area contributed by atoms with Crippen molar-refractivity contribution in [2.24, 2.45) is 0 Å². The van der Waals surface area contributed by atoms with Crippen molar-refractivity contribution in [3.05, 3.63) is 59.4 Å². The molecule has 0 aliphatic heterocycles. The van der Waals surface area contributed by atoms with Gasteiger partial charge in [-0.05, 0) is 30.2 Å². The zero-order chi connectivity index (χ0) is 14.4. The first-order valence-electron chi connectivity index (χ1n) is 6.28. The van der Waals surface area contributed by atoms with Crippen LogP contribution in [0.5, 0.6) is 0 Å². The van der Waals surface area contributed by atoms with Crippen LogP contribution in [0.2, 0.25) is 0 Å². The van der Waals surface area contributed by atoms with Gasteiger partial charge in [0.15, 0.2) is 0 Å². The fourth-order valence-electron chi connectivity index (χ4n) is 1.96. The molecule has 102 valence electrons. The van der Waals surface area contributed by atoms with Gasteiger partial charge in [-0.2, -0.15) is 5.26 Å². The van der Waals surface area contributed by atoms with E-state index < -0.39 is 5.82 Å². The molecule has 0 saturated carbocycles. The number of hydrogen-bond acceptors (Lipinski definition) is 3. The summed E-state index contributed by atoms with van der Waals surface area (Å²) in [6, 6.07) is 14.1. The number of rotatable bonds is 5. The van der Waals surface area contributed by atoms with Crippen molar-refractivity contribution in [2.75, 3.05) is 19.0 Å². The van der Waals surface area contributed by atoms with E-state index in [-0.39, 0.29) is 5.56 Å². The first kappa shape index (κ1) is 14.0. The highest BCUT2D eigenvalue weighted by Gasteiger charge is 2.09. The van der Waals surface area contributed by atoms with Crippen LogP contribution in [0.3, 0.4) is 0 Å². The maximum absolute atomic E-state index is 13.6. The average Bonchev–Trinajstić information content (AvgIpc) is 2.47. The van der Waals surface area contributed by atoms with Crippen molar-refractivity contribution in [3.63, 3.8) is 0 Å². The molecule has 0 heterocycles. The maximum Gasteiger partial charge on any atom is 0.143 e. The number of para-hydroxylation sites is 1. The minimum absolute atomic E-state index is 0.0223. The van der Waals surface area contributed by atoms with E-state index in [1.165, 1.54) is 6.07 Å². The fraction of sp³-hybridized carbons (Fsp3) is 0.188. The van der Waals surface area contributed by atoms with Crippen LogP contribution >= 0.6 is 0 Å². The van der Waals surface area contributed by atoms with Crippen molar-refractivity contribution >= 4 is 11.4 Å². The van der Waals surface area contributed by atoms with Crippen molar-refractivity contribution in [2.45, 2.75) is 6.42 Å². The third-order valence-electron chi connectivity index (χ3n) is 2.99. The van der Waals surface area contributed by atoms with Crippen molar-refractivity contribution in [1.29, 1.82) is 5.26 Å². The summed E-state index contributed by atoms with van der Waals surface area (Å²) in [4.78, 5) is 0. The summed E-state index contributed by atoms with van der Waals surface area (Å²) in [5.74, 6) is -0.521. The molecule has 0 bridgehead atoms. The molecule has 0 saturated heterocycles. The number of halogens is 1. The lowest BCUT2D eigenvalue weighted by molar-refractivity contribution is 0.202. The molecule has 20 heavy (non-hydrogen) atoms. The first-order chi connectivity index (χ1) is 9.76. The summed E-state index contributed by atoms with van der Waals surface area (Å²) in [7, 11) is 1.65. The molecule has 4 heteroatoms. The zero-order valence-electron chi connectivity index (χ0n) is 11.2. The van der Waals surface area contributed by atoms with Gasteiger partial charge in [0, 0.05) is 12.8 Å². The lowest BCUT2D eigenvalue weighted by Gasteiger charge is -2.13. The van der Waals surface area contributed by atoms with Crippen LogP contribution in [0.4, 0.5) is 15.8 Å². The number of ether oxygens (including phenoxy) is 1. The van der Waals surface area contributed by atoms with E-state index in [1.54, 1.807) is 19.2 Å². The number of hydrogen-bond donors (Lipinski definition) is 1. The number of nitrogens with one attached hydrogen (secondary N) is 1. The number of methoxy groups -OCH3 is 1. The Bertz CT molecular complexity index is 635. The highest BCUT2D eigenvalue weighted by molar-refractivity contribution is 5.68. The molecule has 0 fully saturated rings. The summed E-state index contributed by atoms with van der Waals surface area (Å²) in [5, 5.41) is 12.2. The molecule has 1 N–H and O–H groups in total. The molecule has 0 spiro atoms. The van der Waals surface area contributed by atoms with E-state index in [2.05, 4.69) is 5.32 Å². The fourth-order valence-corrected chi connectivity index (χ4v) is 1.96. The largest absolute Gasteiger partial charge is 0.384 e. The molecule has 0 aliphatic carbocycles. The molecule has 2 aromatic carbocycles. The van der Waals surface area contributed by atoms with E-state index in [4.69, 9.17) is 10.00 Å². The van der Waals surface area contributed by atoms with Gasteiger partial charge >= 0.3 is 0 Å². The molecule has 2 aromatic rings. The molecule has 0 unspecified atom stereocenters. The Morgan fingerprint density at radius 1 is 1.15 bits per heavy atom. The number of nitriles is 1. The zero-order valence-corrected chi connectivity index (χ0v) is 11.2. The SMILES string of the molecule is COCCc1ccccc1Nc1cccc(F)c1C#N. The lowest BCUT2D eigenvalue weighted by atomic mass is 10.1. The van der Waals surface area contributed by atoms with Gasteiger partial charge in [0.1, 0.15) is 17.4 Å². The van der Waals surface area contributed by atoms with Gasteiger partial charge in [0.05, 0.1) is 12.3 Å². The maximum atomic E-state index is 13.6. The Labute approximate surface area is 117 Å². The Balaban J connectivity index is 2.31. The molecule has 0 aliphatic rings. The van der Waals surface area contributed by atoms with Crippen molar-refractivity contribution in [3.8, 4) is 6.07 Å². The van der Waals surface area contributed by atoms with Gasteiger partial charge in [0.2, 0.25) is 0 Å². The predicted octanol–water partition coefficient (Wildman–Crippen LogP) is 3.63. The molecule has 0 amide bonds. The van der Waals surface area contributed by atoms with E-state index in [9.17, 15) is 4.39 Å². The molecular formula is C16H15FN2O. The van der Waals surface area contributed by atoms with E-state index in [1.807, 2.05) is 30.3 Å². The van der Waals surface area contributed by atoms with Crippen LogP contribution < -0.4 is 5.32 Å². The van der Waals surface area contributed by atoms with E-state index >= 15 is 0 Å². The molecular weight excluding hydrogens is 255 g/mol.